The summed E-state index contributed by atoms with van der Waals surface area (Å²) in [5.74, 6) is -2.59. The first-order chi connectivity index (χ1) is 25.8. The number of nitrogens with zero attached hydrogens (tertiary/aromatic N) is 5. The van der Waals surface area contributed by atoms with Crippen LogP contribution in [-0.2, 0) is 41.2 Å². The third-order valence-electron chi connectivity index (χ3n) is 10.3. The average Bonchev–Trinajstić information content (AvgIpc) is 3.73. The number of nitrogens with one attached hydrogen (secondary N) is 2. The van der Waals surface area contributed by atoms with Crippen LogP contribution < -0.4 is 10.6 Å². The second kappa shape index (κ2) is 18.6. The molecule has 3 heterocycles. The van der Waals surface area contributed by atoms with E-state index in [1.165, 1.54) is 19.4 Å². The fourth-order valence-corrected chi connectivity index (χ4v) is 7.77. The van der Waals surface area contributed by atoms with Gasteiger partial charge in [-0.2, -0.15) is 13.2 Å². The number of esters is 2. The van der Waals surface area contributed by atoms with E-state index in [0.717, 1.165) is 37.1 Å². The second-order valence-electron chi connectivity index (χ2n) is 15.0. The first kappa shape index (κ1) is 43.5. The minimum Gasteiger partial charge on any atom is -0.469 e. The SMILES string of the molecule is COC(=O)[C@@H](C)C[C@H](CCc1ncc(C(F)(F)F)cn1)NC(=O)c1csc([C@@H](C[C@H](C(C)C)N(C)C(=O)C2(NC(=O)[C@H]3CCCCN3C)CC2)OC(C)=O)n1. The summed E-state index contributed by atoms with van der Waals surface area (Å²) in [6.07, 6.45) is 0.304. The Balaban J connectivity index is 1.47. The van der Waals surface area contributed by atoms with Crippen LogP contribution in [0.1, 0.15) is 112 Å². The molecule has 1 saturated carbocycles. The number of likely N-dealkylation sites (tertiary alicyclic amines) is 1. The molecule has 1 aliphatic carbocycles. The molecule has 14 nitrogen and oxygen atoms in total. The number of likely N-dealkylation sites (N-methyl/N-ethyl adjacent to an activating group) is 2. The van der Waals surface area contributed by atoms with Crippen molar-refractivity contribution in [1.29, 1.82) is 0 Å². The van der Waals surface area contributed by atoms with E-state index in [-0.39, 0.29) is 61.0 Å². The molecule has 4 rings (SSSR count). The average molecular weight is 796 g/mol. The van der Waals surface area contributed by atoms with Gasteiger partial charge in [0.25, 0.3) is 5.91 Å². The number of aryl methyl sites for hydroxylation is 1. The smallest absolute Gasteiger partial charge is 0.419 e. The van der Waals surface area contributed by atoms with Gasteiger partial charge in [0.05, 0.1) is 24.6 Å². The zero-order chi connectivity index (χ0) is 40.7. The van der Waals surface area contributed by atoms with Crippen molar-refractivity contribution in [3.63, 3.8) is 0 Å². The Kier molecular flexibility index (Phi) is 14.7. The fourth-order valence-electron chi connectivity index (χ4n) is 6.93. The highest BCUT2D eigenvalue weighted by atomic mass is 32.1. The van der Waals surface area contributed by atoms with E-state index in [4.69, 9.17) is 9.47 Å². The quantitative estimate of drug-likeness (QED) is 0.216. The van der Waals surface area contributed by atoms with Crippen molar-refractivity contribution >= 4 is 41.0 Å². The number of halogens is 3. The molecule has 0 radical (unpaired) electrons. The van der Waals surface area contributed by atoms with E-state index in [1.807, 2.05) is 25.8 Å². The predicted octanol–water partition coefficient (Wildman–Crippen LogP) is 4.49. The van der Waals surface area contributed by atoms with Crippen LogP contribution in [0.15, 0.2) is 17.8 Å². The van der Waals surface area contributed by atoms with E-state index < -0.39 is 59.2 Å². The maximum Gasteiger partial charge on any atom is 0.419 e. The highest BCUT2D eigenvalue weighted by Gasteiger charge is 2.54. The number of alkyl halides is 3. The molecule has 0 spiro atoms. The maximum absolute atomic E-state index is 14.0. The lowest BCUT2D eigenvalue weighted by atomic mass is 9.95. The standard InChI is InChI=1S/C37H52F3N7O7S/c1-21(2)28(47(6)35(52)36(13-14-36)45-32(50)27-10-8-9-15-46(27)5)17-29(54-23(4)48)33-44-26(20-55-33)31(49)43-25(16-22(3)34(51)53-7)11-12-30-41-18-24(19-42-30)37(38,39)40/h18-22,25,27-29H,8-17H2,1-7H3,(H,43,49)(H,45,50)/t22-,25-,27+,28+,29+/m0/s1. The summed E-state index contributed by atoms with van der Waals surface area (Å²) in [7, 11) is 4.85. The number of carbonyl (C=O) groups is 5. The zero-order valence-corrected chi connectivity index (χ0v) is 33.2. The largest absolute Gasteiger partial charge is 0.469 e. The van der Waals surface area contributed by atoms with Crippen molar-refractivity contribution in [2.24, 2.45) is 11.8 Å². The molecule has 5 atom stereocenters. The molecule has 2 N–H and O–H groups in total. The van der Waals surface area contributed by atoms with Gasteiger partial charge in [0, 0.05) is 56.7 Å². The van der Waals surface area contributed by atoms with Crippen LogP contribution in [0.5, 0.6) is 0 Å². The molecule has 0 unspecified atom stereocenters. The third-order valence-corrected chi connectivity index (χ3v) is 11.2. The molecule has 2 aromatic heterocycles. The number of hydrogen-bond donors (Lipinski definition) is 2. The Morgan fingerprint density at radius 2 is 1.76 bits per heavy atom. The molecule has 18 heteroatoms. The lowest BCUT2D eigenvalue weighted by molar-refractivity contribution is -0.149. The molecule has 3 amide bonds. The first-order valence-electron chi connectivity index (χ1n) is 18.5. The normalized spacial score (nSPS) is 19.1. The van der Waals surface area contributed by atoms with Crippen LogP contribution in [0.25, 0.3) is 0 Å². The summed E-state index contributed by atoms with van der Waals surface area (Å²) in [5, 5.41) is 7.76. The van der Waals surface area contributed by atoms with Crippen molar-refractivity contribution in [1.82, 2.24) is 35.4 Å². The summed E-state index contributed by atoms with van der Waals surface area (Å²) in [5.41, 5.74) is -1.94. The third kappa shape index (κ3) is 11.7. The van der Waals surface area contributed by atoms with Crippen molar-refractivity contribution in [2.45, 2.75) is 121 Å². The van der Waals surface area contributed by atoms with Crippen LogP contribution in [0, 0.1) is 11.8 Å². The first-order valence-corrected chi connectivity index (χ1v) is 19.4. The molecule has 0 bridgehead atoms. The number of amides is 3. The van der Waals surface area contributed by atoms with E-state index in [2.05, 4.69) is 25.6 Å². The van der Waals surface area contributed by atoms with E-state index in [0.29, 0.717) is 30.2 Å². The van der Waals surface area contributed by atoms with E-state index >= 15 is 0 Å². The van der Waals surface area contributed by atoms with Crippen LogP contribution in [0.4, 0.5) is 13.2 Å². The predicted molar refractivity (Wildman–Crippen MR) is 195 cm³/mol. The van der Waals surface area contributed by atoms with Gasteiger partial charge in [-0.3, -0.25) is 28.9 Å². The van der Waals surface area contributed by atoms with Crippen molar-refractivity contribution < 1.29 is 46.6 Å². The second-order valence-corrected chi connectivity index (χ2v) is 15.8. The van der Waals surface area contributed by atoms with Gasteiger partial charge < -0.3 is 25.0 Å². The fraction of sp³-hybridized carbons (Fsp3) is 0.676. The van der Waals surface area contributed by atoms with Gasteiger partial charge in [-0.05, 0) is 58.0 Å². The van der Waals surface area contributed by atoms with Gasteiger partial charge in [-0.25, -0.2) is 15.0 Å². The topological polar surface area (TPSA) is 173 Å². The Morgan fingerprint density at radius 1 is 1.09 bits per heavy atom. The summed E-state index contributed by atoms with van der Waals surface area (Å²) in [6, 6.07) is -1.35. The molecule has 304 valence electrons. The highest BCUT2D eigenvalue weighted by Crippen LogP contribution is 2.40. The van der Waals surface area contributed by atoms with E-state index in [9.17, 15) is 37.1 Å². The van der Waals surface area contributed by atoms with Crippen LogP contribution >= 0.6 is 11.3 Å². The Labute approximate surface area is 323 Å². The Hall–Kier alpha value is -4.19. The minimum absolute atomic E-state index is 0.0245. The Bertz CT molecular complexity index is 1670. The zero-order valence-electron chi connectivity index (χ0n) is 32.4. The van der Waals surface area contributed by atoms with Gasteiger partial charge in [0.2, 0.25) is 11.8 Å². The van der Waals surface area contributed by atoms with Crippen molar-refractivity contribution in [2.75, 3.05) is 27.7 Å². The number of aromatic nitrogens is 3. The molecular weight excluding hydrogens is 744 g/mol. The molecule has 1 saturated heterocycles. The molecule has 55 heavy (non-hydrogen) atoms. The van der Waals surface area contributed by atoms with Crippen LogP contribution in [-0.4, -0.2) is 106 Å². The van der Waals surface area contributed by atoms with Gasteiger partial charge in [0.15, 0.2) is 6.10 Å². The molecule has 2 aromatic rings. The Morgan fingerprint density at radius 3 is 2.33 bits per heavy atom. The van der Waals surface area contributed by atoms with Gasteiger partial charge in [-0.1, -0.05) is 27.2 Å². The highest BCUT2D eigenvalue weighted by molar-refractivity contribution is 7.09. The number of thiazole rings is 1. The monoisotopic (exact) mass is 795 g/mol. The summed E-state index contributed by atoms with van der Waals surface area (Å²) in [4.78, 5) is 81.1. The van der Waals surface area contributed by atoms with Gasteiger partial charge >= 0.3 is 18.1 Å². The van der Waals surface area contributed by atoms with Gasteiger partial charge in [0.1, 0.15) is 22.1 Å². The molecule has 2 fully saturated rings. The molecular formula is C37H52F3N7O7S. The number of methoxy groups -OCH3 is 1. The maximum atomic E-state index is 14.0. The van der Waals surface area contributed by atoms with Crippen molar-refractivity contribution in [3.05, 3.63) is 39.9 Å². The number of ether oxygens (including phenoxy) is 2. The molecule has 0 aromatic carbocycles. The number of rotatable bonds is 17. The molecule has 1 aliphatic heterocycles. The number of piperidine rings is 1. The number of hydrogen-bond acceptors (Lipinski definition) is 12. The van der Waals surface area contributed by atoms with E-state index in [1.54, 1.807) is 18.9 Å². The van der Waals surface area contributed by atoms with Crippen molar-refractivity contribution in [3.8, 4) is 0 Å². The lowest BCUT2D eigenvalue weighted by Crippen LogP contribution is -2.57. The summed E-state index contributed by atoms with van der Waals surface area (Å²) < 4.78 is 49.5. The number of carbonyl (C=O) groups excluding carboxylic acids is 5. The van der Waals surface area contributed by atoms with Gasteiger partial charge in [-0.15, -0.1) is 11.3 Å². The van der Waals surface area contributed by atoms with Crippen LogP contribution in [0.2, 0.25) is 0 Å². The van der Waals surface area contributed by atoms with Crippen LogP contribution in [0.3, 0.4) is 0 Å². The minimum atomic E-state index is -4.58. The lowest BCUT2D eigenvalue weighted by Gasteiger charge is -2.37. The molecule has 2 aliphatic rings. The summed E-state index contributed by atoms with van der Waals surface area (Å²) >= 11 is 1.11. The summed E-state index contributed by atoms with van der Waals surface area (Å²) in [6.45, 7) is 7.60.